The SMILES string of the molecule is CC1CCCC(NC(=O)C2CCC2)C1C. The van der Waals surface area contributed by atoms with Gasteiger partial charge in [-0.3, -0.25) is 4.79 Å². The molecule has 0 spiro atoms. The van der Waals surface area contributed by atoms with Gasteiger partial charge in [-0.1, -0.05) is 33.1 Å². The molecule has 0 bridgehead atoms. The lowest BCUT2D eigenvalue weighted by Gasteiger charge is -2.36. The predicted molar refractivity (Wildman–Crippen MR) is 61.5 cm³/mol. The van der Waals surface area contributed by atoms with Crippen LogP contribution in [0.1, 0.15) is 52.4 Å². The van der Waals surface area contributed by atoms with Crippen molar-refractivity contribution in [1.29, 1.82) is 0 Å². The molecule has 2 rings (SSSR count). The first-order chi connectivity index (χ1) is 7.18. The quantitative estimate of drug-likeness (QED) is 0.744. The van der Waals surface area contributed by atoms with E-state index < -0.39 is 0 Å². The molecular formula is C13H23NO. The number of carbonyl (C=O) groups is 1. The average molecular weight is 209 g/mol. The molecular weight excluding hydrogens is 186 g/mol. The smallest absolute Gasteiger partial charge is 0.223 e. The summed E-state index contributed by atoms with van der Waals surface area (Å²) in [5.74, 6) is 2.09. The summed E-state index contributed by atoms with van der Waals surface area (Å²) in [5.41, 5.74) is 0. The molecule has 2 aliphatic carbocycles. The molecule has 86 valence electrons. The maximum absolute atomic E-state index is 11.8. The zero-order valence-electron chi connectivity index (χ0n) is 9.96. The van der Waals surface area contributed by atoms with Crippen molar-refractivity contribution in [1.82, 2.24) is 5.32 Å². The number of hydrogen-bond donors (Lipinski definition) is 1. The molecule has 0 saturated heterocycles. The molecule has 1 N–H and O–H groups in total. The average Bonchev–Trinajstić information content (AvgIpc) is 2.10. The van der Waals surface area contributed by atoms with E-state index in [0.717, 1.165) is 18.8 Å². The lowest BCUT2D eigenvalue weighted by atomic mass is 9.77. The second-order valence-corrected chi connectivity index (χ2v) is 5.51. The van der Waals surface area contributed by atoms with Gasteiger partial charge in [-0.2, -0.15) is 0 Å². The molecule has 0 aromatic rings. The minimum atomic E-state index is 0.326. The third-order valence-electron chi connectivity index (χ3n) is 4.51. The molecule has 2 aliphatic rings. The molecule has 0 aromatic heterocycles. The van der Waals surface area contributed by atoms with Crippen molar-refractivity contribution in [3.8, 4) is 0 Å². The number of rotatable bonds is 2. The molecule has 2 nitrogen and oxygen atoms in total. The number of amides is 1. The largest absolute Gasteiger partial charge is 0.353 e. The molecule has 0 heterocycles. The molecule has 0 radical (unpaired) electrons. The lowest BCUT2D eigenvalue weighted by Crippen LogP contribution is -2.47. The number of carbonyl (C=O) groups excluding carboxylic acids is 1. The van der Waals surface area contributed by atoms with E-state index in [9.17, 15) is 4.79 Å². The highest BCUT2D eigenvalue weighted by Gasteiger charge is 2.31. The summed E-state index contributed by atoms with van der Waals surface area (Å²) < 4.78 is 0. The van der Waals surface area contributed by atoms with E-state index in [1.807, 2.05) is 0 Å². The van der Waals surface area contributed by atoms with E-state index in [2.05, 4.69) is 19.2 Å². The first-order valence-electron chi connectivity index (χ1n) is 6.49. The molecule has 15 heavy (non-hydrogen) atoms. The first-order valence-corrected chi connectivity index (χ1v) is 6.49. The van der Waals surface area contributed by atoms with Gasteiger partial charge in [0, 0.05) is 12.0 Å². The highest BCUT2D eigenvalue weighted by Crippen LogP contribution is 2.31. The monoisotopic (exact) mass is 209 g/mol. The fourth-order valence-corrected chi connectivity index (χ4v) is 2.76. The highest BCUT2D eigenvalue weighted by atomic mass is 16.2. The van der Waals surface area contributed by atoms with Crippen LogP contribution in [0, 0.1) is 17.8 Å². The Bertz CT molecular complexity index is 235. The van der Waals surface area contributed by atoms with Crippen LogP contribution < -0.4 is 5.32 Å². The van der Waals surface area contributed by atoms with Gasteiger partial charge < -0.3 is 5.32 Å². The van der Waals surface area contributed by atoms with Crippen LogP contribution in [-0.4, -0.2) is 11.9 Å². The maximum atomic E-state index is 11.8. The van der Waals surface area contributed by atoms with Gasteiger partial charge in [-0.25, -0.2) is 0 Å². The topological polar surface area (TPSA) is 29.1 Å². The Morgan fingerprint density at radius 1 is 1.07 bits per heavy atom. The summed E-state index contributed by atoms with van der Waals surface area (Å²) in [4.78, 5) is 11.8. The van der Waals surface area contributed by atoms with Crippen molar-refractivity contribution in [3.63, 3.8) is 0 Å². The van der Waals surface area contributed by atoms with Crippen molar-refractivity contribution < 1.29 is 4.79 Å². The van der Waals surface area contributed by atoms with Gasteiger partial charge in [0.25, 0.3) is 0 Å². The molecule has 3 unspecified atom stereocenters. The van der Waals surface area contributed by atoms with Gasteiger partial charge in [0.15, 0.2) is 0 Å². The molecule has 2 heteroatoms. The van der Waals surface area contributed by atoms with Gasteiger partial charge in [-0.15, -0.1) is 0 Å². The minimum Gasteiger partial charge on any atom is -0.353 e. The van der Waals surface area contributed by atoms with Crippen LogP contribution in [0.25, 0.3) is 0 Å². The Balaban J connectivity index is 1.84. The molecule has 2 fully saturated rings. The van der Waals surface area contributed by atoms with E-state index in [1.165, 1.54) is 25.7 Å². The Kier molecular flexibility index (Phi) is 3.32. The van der Waals surface area contributed by atoms with Gasteiger partial charge >= 0.3 is 0 Å². The van der Waals surface area contributed by atoms with Crippen LogP contribution in [0.15, 0.2) is 0 Å². The third-order valence-corrected chi connectivity index (χ3v) is 4.51. The fourth-order valence-electron chi connectivity index (χ4n) is 2.76. The van der Waals surface area contributed by atoms with Crippen LogP contribution in [0.5, 0.6) is 0 Å². The van der Waals surface area contributed by atoms with Gasteiger partial charge in [0.2, 0.25) is 5.91 Å². The standard InChI is InChI=1S/C13H23NO/c1-9-5-3-8-12(10(9)2)14-13(15)11-6-4-7-11/h9-12H,3-8H2,1-2H3,(H,14,15). The number of nitrogens with one attached hydrogen (secondary N) is 1. The summed E-state index contributed by atoms with van der Waals surface area (Å²) in [5, 5.41) is 3.26. The predicted octanol–water partition coefficient (Wildman–Crippen LogP) is 2.73. The normalized spacial score (nSPS) is 37.1. The second kappa shape index (κ2) is 4.54. The molecule has 0 aromatic carbocycles. The summed E-state index contributed by atoms with van der Waals surface area (Å²) in [6.45, 7) is 4.60. The Morgan fingerprint density at radius 3 is 2.33 bits per heavy atom. The van der Waals surface area contributed by atoms with Gasteiger partial charge in [0.05, 0.1) is 0 Å². The summed E-state index contributed by atoms with van der Waals surface area (Å²) >= 11 is 0. The van der Waals surface area contributed by atoms with Gasteiger partial charge in [0.1, 0.15) is 0 Å². The van der Waals surface area contributed by atoms with Gasteiger partial charge in [-0.05, 0) is 31.1 Å². The Hall–Kier alpha value is -0.530. The van der Waals surface area contributed by atoms with Crippen LogP contribution in [0.2, 0.25) is 0 Å². The van der Waals surface area contributed by atoms with Crippen LogP contribution >= 0.6 is 0 Å². The molecule has 0 aliphatic heterocycles. The second-order valence-electron chi connectivity index (χ2n) is 5.51. The van der Waals surface area contributed by atoms with Crippen LogP contribution in [0.4, 0.5) is 0 Å². The Labute approximate surface area is 92.8 Å². The summed E-state index contributed by atoms with van der Waals surface area (Å²) in [6, 6.07) is 0.446. The zero-order chi connectivity index (χ0) is 10.8. The van der Waals surface area contributed by atoms with E-state index in [4.69, 9.17) is 0 Å². The van der Waals surface area contributed by atoms with E-state index in [0.29, 0.717) is 23.8 Å². The molecule has 2 saturated carbocycles. The Morgan fingerprint density at radius 2 is 1.73 bits per heavy atom. The van der Waals surface area contributed by atoms with Crippen molar-refractivity contribution in [2.45, 2.75) is 58.4 Å². The van der Waals surface area contributed by atoms with Crippen molar-refractivity contribution >= 4 is 5.91 Å². The molecule has 1 amide bonds. The number of hydrogen-bond acceptors (Lipinski definition) is 1. The molecule has 3 atom stereocenters. The van der Waals surface area contributed by atoms with Crippen molar-refractivity contribution in [2.75, 3.05) is 0 Å². The fraction of sp³-hybridized carbons (Fsp3) is 0.923. The van der Waals surface area contributed by atoms with Crippen LogP contribution in [0.3, 0.4) is 0 Å². The van der Waals surface area contributed by atoms with E-state index in [1.54, 1.807) is 0 Å². The third kappa shape index (κ3) is 2.35. The van der Waals surface area contributed by atoms with Crippen molar-refractivity contribution in [3.05, 3.63) is 0 Å². The van der Waals surface area contributed by atoms with E-state index in [-0.39, 0.29) is 0 Å². The van der Waals surface area contributed by atoms with Crippen molar-refractivity contribution in [2.24, 2.45) is 17.8 Å². The first kappa shape index (κ1) is 11.0. The maximum Gasteiger partial charge on any atom is 0.223 e. The highest BCUT2D eigenvalue weighted by molar-refractivity contribution is 5.79. The summed E-state index contributed by atoms with van der Waals surface area (Å²) in [6.07, 6.45) is 7.27. The lowest BCUT2D eigenvalue weighted by molar-refractivity contribution is -0.128. The zero-order valence-corrected chi connectivity index (χ0v) is 9.96. The van der Waals surface area contributed by atoms with Crippen LogP contribution in [-0.2, 0) is 4.79 Å². The van der Waals surface area contributed by atoms with E-state index >= 15 is 0 Å². The minimum absolute atomic E-state index is 0.326. The summed E-state index contributed by atoms with van der Waals surface area (Å²) in [7, 11) is 0.